The normalized spacial score (nSPS) is 12.5. The summed E-state index contributed by atoms with van der Waals surface area (Å²) < 4.78 is 55.5. The first kappa shape index (κ1) is 34.9. The predicted octanol–water partition coefficient (Wildman–Crippen LogP) is 1.98. The maximum absolute atomic E-state index is 11.9. The van der Waals surface area contributed by atoms with E-state index in [2.05, 4.69) is 28.5 Å². The fourth-order valence-corrected chi connectivity index (χ4v) is 4.86. The number of hydrogen-bond donors (Lipinski definition) is 4. The van der Waals surface area contributed by atoms with E-state index in [1.807, 2.05) is 27.7 Å². The number of hydrogen-bond acceptors (Lipinski definition) is 8. The maximum Gasteiger partial charge on any atom is 0.290 e. The number of ketones is 1. The van der Waals surface area contributed by atoms with Gasteiger partial charge in [0.1, 0.15) is 0 Å². The van der Waals surface area contributed by atoms with E-state index in [1.54, 1.807) is 11.1 Å². The highest BCUT2D eigenvalue weighted by atomic mass is 32.3. The highest BCUT2D eigenvalue weighted by Gasteiger charge is 2.33. The summed E-state index contributed by atoms with van der Waals surface area (Å²) in [5, 5.41) is 6.49. The minimum Gasteiger partial charge on any atom is -0.387 e. The van der Waals surface area contributed by atoms with E-state index in [0.29, 0.717) is 38.1 Å². The van der Waals surface area contributed by atoms with Gasteiger partial charge >= 0.3 is 0 Å². The van der Waals surface area contributed by atoms with Crippen molar-refractivity contribution in [2.24, 2.45) is 0 Å². The molecular formula is C22H46N4O6S2. The van der Waals surface area contributed by atoms with Crippen molar-refractivity contribution in [3.8, 4) is 0 Å². The third kappa shape index (κ3) is 14.8. The summed E-state index contributed by atoms with van der Waals surface area (Å²) in [5.74, 6) is 0.0563. The van der Waals surface area contributed by atoms with Gasteiger partial charge in [-0.1, -0.05) is 31.1 Å². The molecule has 10 nitrogen and oxygen atoms in total. The van der Waals surface area contributed by atoms with Crippen molar-refractivity contribution < 1.29 is 26.4 Å². The highest BCUT2D eigenvalue weighted by molar-refractivity contribution is 8.04. The van der Waals surface area contributed by atoms with Gasteiger partial charge in [0.05, 0.1) is 23.5 Å². The first-order valence-electron chi connectivity index (χ1n) is 11.4. The van der Waals surface area contributed by atoms with Crippen molar-refractivity contribution in [1.29, 1.82) is 0 Å². The van der Waals surface area contributed by atoms with Crippen LogP contribution in [0.5, 0.6) is 0 Å². The molecule has 34 heavy (non-hydrogen) atoms. The molecule has 4 N–H and O–H groups in total. The number of rotatable bonds is 17. The summed E-state index contributed by atoms with van der Waals surface area (Å²) in [6, 6.07) is 0. The summed E-state index contributed by atoms with van der Waals surface area (Å²) in [7, 11) is -8.23. The first-order chi connectivity index (χ1) is 15.4. The van der Waals surface area contributed by atoms with Gasteiger partial charge in [-0.25, -0.2) is 8.42 Å². The van der Waals surface area contributed by atoms with Crippen molar-refractivity contribution in [1.82, 2.24) is 19.5 Å². The molecule has 0 rings (SSSR count). The van der Waals surface area contributed by atoms with Gasteiger partial charge in [-0.05, 0) is 53.5 Å². The Balaban J connectivity index is 0. The molecule has 0 bridgehead atoms. The molecule has 0 aromatic carbocycles. The molecule has 0 saturated heterocycles. The quantitative estimate of drug-likeness (QED) is 0.166. The Morgan fingerprint density at radius 3 is 1.94 bits per heavy atom. The Hall–Kier alpha value is -1.31. The molecule has 0 heterocycles. The van der Waals surface area contributed by atoms with Crippen LogP contribution in [0.25, 0.3) is 0 Å². The summed E-state index contributed by atoms with van der Waals surface area (Å²) >= 11 is 0. The molecule has 0 spiro atoms. The second-order valence-electron chi connectivity index (χ2n) is 8.97. The summed E-state index contributed by atoms with van der Waals surface area (Å²) in [6.07, 6.45) is 1.13. The number of allylic oxidation sites excluding steroid dienone is 1. The van der Waals surface area contributed by atoms with Crippen molar-refractivity contribution in [2.75, 3.05) is 32.8 Å². The van der Waals surface area contributed by atoms with Crippen LogP contribution < -0.4 is 19.5 Å². The fourth-order valence-electron chi connectivity index (χ4n) is 2.11. The van der Waals surface area contributed by atoms with E-state index < -0.39 is 30.5 Å². The van der Waals surface area contributed by atoms with Gasteiger partial charge in [0.25, 0.3) is 10.2 Å². The van der Waals surface area contributed by atoms with E-state index in [4.69, 9.17) is 4.74 Å². The fraction of sp³-hybridized carbons (Fsp3) is 0.773. The van der Waals surface area contributed by atoms with Crippen molar-refractivity contribution >= 4 is 26.0 Å². The van der Waals surface area contributed by atoms with Crippen LogP contribution >= 0.6 is 0 Å². The Morgan fingerprint density at radius 1 is 0.912 bits per heavy atom. The molecule has 0 aliphatic heterocycles. The lowest BCUT2D eigenvalue weighted by Gasteiger charge is -2.29. The van der Waals surface area contributed by atoms with Crippen LogP contribution in [-0.4, -0.2) is 65.8 Å². The summed E-state index contributed by atoms with van der Waals surface area (Å²) in [5.41, 5.74) is 0.915. The summed E-state index contributed by atoms with van der Waals surface area (Å²) in [6.45, 7) is 22.9. The lowest BCUT2D eigenvalue weighted by Crippen LogP contribution is -2.48. The smallest absolute Gasteiger partial charge is 0.290 e. The SMILES string of the molecule is C=C(C)C(=O)CCCNC(=C)C(C)(C)NCCOCCNS(=O)(=O)NS(=O)(=O)C(C)(C)C.CC. The monoisotopic (exact) mass is 526 g/mol. The van der Waals surface area contributed by atoms with Gasteiger partial charge in [0.2, 0.25) is 10.0 Å². The first-order valence-corrected chi connectivity index (χ1v) is 14.4. The number of carbonyl (C=O) groups is 1. The van der Waals surface area contributed by atoms with Crippen molar-refractivity contribution in [2.45, 2.75) is 78.5 Å². The molecule has 0 aromatic heterocycles. The molecule has 0 aromatic rings. The summed E-state index contributed by atoms with van der Waals surface area (Å²) in [4.78, 5) is 11.5. The Labute approximate surface area is 207 Å². The molecule has 0 radical (unpaired) electrons. The number of sulfonamides is 1. The van der Waals surface area contributed by atoms with Gasteiger partial charge in [-0.3, -0.25) is 4.79 Å². The molecule has 0 unspecified atom stereocenters. The van der Waals surface area contributed by atoms with Crippen LogP contribution in [0.15, 0.2) is 24.4 Å². The van der Waals surface area contributed by atoms with Crippen LogP contribution in [0.2, 0.25) is 0 Å². The Morgan fingerprint density at radius 2 is 1.44 bits per heavy atom. The van der Waals surface area contributed by atoms with Crippen LogP contribution in [0.4, 0.5) is 0 Å². The van der Waals surface area contributed by atoms with Crippen LogP contribution in [-0.2, 0) is 29.8 Å². The zero-order valence-electron chi connectivity index (χ0n) is 22.1. The number of nitrogens with one attached hydrogen (secondary N) is 4. The van der Waals surface area contributed by atoms with E-state index in [0.717, 1.165) is 5.70 Å². The molecule has 12 heteroatoms. The van der Waals surface area contributed by atoms with Gasteiger partial charge in [0.15, 0.2) is 5.78 Å². The van der Waals surface area contributed by atoms with Gasteiger partial charge in [-0.2, -0.15) is 13.1 Å². The van der Waals surface area contributed by atoms with Crippen molar-refractivity contribution in [3.05, 3.63) is 24.4 Å². The Kier molecular flexibility index (Phi) is 16.0. The molecule has 202 valence electrons. The van der Waals surface area contributed by atoms with Crippen LogP contribution in [0, 0.1) is 0 Å². The zero-order chi connectivity index (χ0) is 27.2. The minimum absolute atomic E-state index is 0.0563. The number of carbonyl (C=O) groups excluding carboxylic acids is 1. The average Bonchev–Trinajstić information content (AvgIpc) is 2.69. The molecule has 0 saturated carbocycles. The Bertz CT molecular complexity index is 860. The largest absolute Gasteiger partial charge is 0.387 e. The standard InChI is InChI=1S/C20H40N4O6S2.C2H6/c1-16(2)18(25)10-9-11-21-17(3)20(7,8)22-12-14-30-15-13-23-32(28,29)24-31(26,27)19(4,5)6;1-2/h21-24H,1,3,9-15H2,2,4-8H3;1-2H3. The number of ether oxygens (including phenoxy) is 1. The van der Waals surface area contributed by atoms with E-state index in [-0.39, 0.29) is 18.9 Å². The molecular weight excluding hydrogens is 480 g/mol. The van der Waals surface area contributed by atoms with Crippen molar-refractivity contribution in [3.63, 3.8) is 0 Å². The van der Waals surface area contributed by atoms with Crippen LogP contribution in [0.3, 0.4) is 0 Å². The molecule has 0 aliphatic carbocycles. The lowest BCUT2D eigenvalue weighted by molar-refractivity contribution is -0.115. The highest BCUT2D eigenvalue weighted by Crippen LogP contribution is 2.13. The molecule has 0 atom stereocenters. The van der Waals surface area contributed by atoms with Crippen LogP contribution in [0.1, 0.15) is 68.2 Å². The van der Waals surface area contributed by atoms with Gasteiger partial charge in [0, 0.05) is 31.8 Å². The van der Waals surface area contributed by atoms with E-state index in [1.165, 1.54) is 20.8 Å². The van der Waals surface area contributed by atoms with E-state index in [9.17, 15) is 21.6 Å². The third-order valence-corrected chi connectivity index (χ3v) is 8.48. The second-order valence-corrected chi connectivity index (χ2v) is 13.2. The predicted molar refractivity (Wildman–Crippen MR) is 139 cm³/mol. The number of Topliss-reactive ketones (excluding diaryl/α,β-unsaturated/α-hetero) is 1. The third-order valence-electron chi connectivity index (χ3n) is 4.53. The second kappa shape index (κ2) is 15.6. The molecule has 0 fully saturated rings. The maximum atomic E-state index is 11.9. The zero-order valence-corrected chi connectivity index (χ0v) is 23.8. The topological polar surface area (TPSA) is 143 Å². The minimum atomic E-state index is -4.20. The van der Waals surface area contributed by atoms with E-state index >= 15 is 0 Å². The van der Waals surface area contributed by atoms with Gasteiger partial charge < -0.3 is 15.4 Å². The average molecular weight is 527 g/mol. The van der Waals surface area contributed by atoms with Gasteiger partial charge in [-0.15, -0.1) is 0 Å². The molecule has 0 amide bonds. The lowest BCUT2D eigenvalue weighted by atomic mass is 10.0. The molecule has 0 aliphatic rings.